The van der Waals surface area contributed by atoms with Crippen LogP contribution in [0, 0.1) is 39.0 Å². The third kappa shape index (κ3) is 4.92. The third-order valence-corrected chi connectivity index (χ3v) is 5.71. The molecule has 0 aliphatic rings. The number of Topliss-reactive ketones (excluding diaryl/α,β-unsaturated/α-hetero) is 1. The summed E-state index contributed by atoms with van der Waals surface area (Å²) in [5, 5.41) is 9.71. The number of carbonyl (C=O) groups is 2. The second-order valence-electron chi connectivity index (χ2n) is 8.05. The topological polar surface area (TPSA) is 87.9 Å². The van der Waals surface area contributed by atoms with Crippen molar-refractivity contribution >= 4 is 17.8 Å². The van der Waals surface area contributed by atoms with E-state index in [1.165, 1.54) is 12.1 Å². The van der Waals surface area contributed by atoms with Gasteiger partial charge in [-0.05, 0) is 76.1 Å². The summed E-state index contributed by atoms with van der Waals surface area (Å²) in [5.41, 5.74) is 2.23. The molecule has 0 fully saturated rings. The van der Waals surface area contributed by atoms with Crippen molar-refractivity contribution in [3.05, 3.63) is 80.9 Å². The Balaban J connectivity index is 2.04. The number of esters is 1. The number of hydrogen-bond acceptors (Lipinski definition) is 4. The van der Waals surface area contributed by atoms with Gasteiger partial charge in [-0.2, -0.15) is 18.4 Å². The van der Waals surface area contributed by atoms with Crippen LogP contribution in [-0.4, -0.2) is 27.9 Å². The van der Waals surface area contributed by atoms with Gasteiger partial charge in [-0.1, -0.05) is 6.07 Å². The van der Waals surface area contributed by atoms with E-state index in [4.69, 9.17) is 4.74 Å². The van der Waals surface area contributed by atoms with Crippen LogP contribution in [0.15, 0.2) is 35.9 Å². The van der Waals surface area contributed by atoms with Gasteiger partial charge in [0.2, 0.25) is 5.78 Å². The number of ether oxygens (including phenoxy) is 1. The van der Waals surface area contributed by atoms with E-state index in [-0.39, 0.29) is 23.4 Å². The lowest BCUT2D eigenvalue weighted by Gasteiger charge is -2.13. The molecule has 182 valence electrons. The first-order valence-electron chi connectivity index (χ1n) is 10.8. The van der Waals surface area contributed by atoms with E-state index in [0.29, 0.717) is 33.9 Å². The molecule has 0 aliphatic heterocycles. The number of aryl methyl sites for hydroxylation is 2. The molecule has 9 heteroatoms. The molecule has 0 unspecified atom stereocenters. The lowest BCUT2D eigenvalue weighted by molar-refractivity contribution is -0.137. The van der Waals surface area contributed by atoms with Crippen LogP contribution in [-0.2, 0) is 10.9 Å². The molecule has 0 bridgehead atoms. The number of nitrogens with zero attached hydrogens (tertiary/aromatic N) is 2. The number of halogens is 3. The lowest BCUT2D eigenvalue weighted by atomic mass is 10.0. The Morgan fingerprint density at radius 1 is 1.17 bits per heavy atom. The van der Waals surface area contributed by atoms with E-state index >= 15 is 0 Å². The van der Waals surface area contributed by atoms with Crippen molar-refractivity contribution in [2.45, 2.75) is 40.8 Å². The van der Waals surface area contributed by atoms with Crippen molar-refractivity contribution in [3.63, 3.8) is 0 Å². The molecular formula is C26H24F3N3O3. The monoisotopic (exact) mass is 483 g/mol. The fraction of sp³-hybridized carbons (Fsp3) is 0.269. The van der Waals surface area contributed by atoms with E-state index < -0.39 is 23.5 Å². The van der Waals surface area contributed by atoms with Gasteiger partial charge in [0, 0.05) is 22.8 Å². The summed E-state index contributed by atoms with van der Waals surface area (Å²) in [6.45, 7) is 8.50. The Morgan fingerprint density at radius 3 is 2.46 bits per heavy atom. The molecule has 0 radical (unpaired) electrons. The van der Waals surface area contributed by atoms with Crippen LogP contribution in [0.5, 0.6) is 0 Å². The summed E-state index contributed by atoms with van der Waals surface area (Å²) < 4.78 is 46.2. The number of nitrogens with one attached hydrogen (secondary N) is 1. The Kier molecular flexibility index (Phi) is 7.06. The zero-order chi connectivity index (χ0) is 26.1. The lowest BCUT2D eigenvalue weighted by Crippen LogP contribution is -2.08. The van der Waals surface area contributed by atoms with Crippen LogP contribution in [0.25, 0.3) is 11.8 Å². The Morgan fingerprint density at radius 2 is 1.86 bits per heavy atom. The van der Waals surface area contributed by atoms with Gasteiger partial charge in [0.25, 0.3) is 0 Å². The zero-order valence-electron chi connectivity index (χ0n) is 19.9. The second-order valence-corrected chi connectivity index (χ2v) is 8.05. The summed E-state index contributed by atoms with van der Waals surface area (Å²) in [5.74, 6) is -1.17. The number of nitriles is 1. The molecule has 1 N–H and O–H groups in total. The van der Waals surface area contributed by atoms with Gasteiger partial charge >= 0.3 is 12.1 Å². The smallest absolute Gasteiger partial charge is 0.416 e. The highest BCUT2D eigenvalue weighted by atomic mass is 19.4. The predicted octanol–water partition coefficient (Wildman–Crippen LogP) is 6.02. The first-order valence-corrected chi connectivity index (χ1v) is 10.8. The van der Waals surface area contributed by atoms with Gasteiger partial charge in [-0.3, -0.25) is 4.79 Å². The molecule has 0 spiro atoms. The van der Waals surface area contributed by atoms with Gasteiger partial charge in [-0.15, -0.1) is 0 Å². The number of hydrogen-bond donors (Lipinski definition) is 1. The normalized spacial score (nSPS) is 11.9. The average molecular weight is 483 g/mol. The maximum absolute atomic E-state index is 13.2. The Labute approximate surface area is 200 Å². The largest absolute Gasteiger partial charge is 0.462 e. The summed E-state index contributed by atoms with van der Waals surface area (Å²) in [6, 6.07) is 8.52. The molecule has 0 atom stereocenters. The van der Waals surface area contributed by atoms with Crippen molar-refractivity contribution < 1.29 is 27.5 Å². The van der Waals surface area contributed by atoms with E-state index in [1.54, 1.807) is 51.3 Å². The molecule has 2 heterocycles. The zero-order valence-corrected chi connectivity index (χ0v) is 19.9. The highest BCUT2D eigenvalue weighted by molar-refractivity contribution is 6.15. The summed E-state index contributed by atoms with van der Waals surface area (Å²) in [7, 11) is 0. The number of H-pyrrole nitrogens is 1. The van der Waals surface area contributed by atoms with Gasteiger partial charge in [0.15, 0.2) is 0 Å². The molecule has 0 saturated heterocycles. The van der Waals surface area contributed by atoms with Crippen molar-refractivity contribution in [2.24, 2.45) is 0 Å². The van der Waals surface area contributed by atoms with Crippen molar-refractivity contribution in [2.75, 3.05) is 6.61 Å². The standard InChI is InChI=1S/C26H24F3N3O3/c1-6-35-25(34)22-15(3)23(31-16(22)4)24(33)19(13-30)11-18-10-14(2)32(17(18)5)21-9-7-8-20(12-21)26(27,28)29/h7-12,31H,6H2,1-5H3/b19-11+. The van der Waals surface area contributed by atoms with Crippen LogP contribution in [0.1, 0.15) is 61.5 Å². The van der Waals surface area contributed by atoms with Crippen LogP contribution in [0.2, 0.25) is 0 Å². The Bertz CT molecular complexity index is 1390. The minimum absolute atomic E-state index is 0.102. The van der Waals surface area contributed by atoms with Crippen LogP contribution < -0.4 is 0 Å². The summed E-state index contributed by atoms with van der Waals surface area (Å²) in [4.78, 5) is 28.3. The third-order valence-electron chi connectivity index (χ3n) is 5.71. The van der Waals surface area contributed by atoms with E-state index in [1.807, 2.05) is 6.07 Å². The van der Waals surface area contributed by atoms with Crippen LogP contribution in [0.3, 0.4) is 0 Å². The van der Waals surface area contributed by atoms with E-state index in [2.05, 4.69) is 4.98 Å². The minimum atomic E-state index is -4.48. The van der Waals surface area contributed by atoms with Crippen LogP contribution in [0.4, 0.5) is 13.2 Å². The van der Waals surface area contributed by atoms with Crippen molar-refractivity contribution in [1.82, 2.24) is 9.55 Å². The van der Waals surface area contributed by atoms with Crippen molar-refractivity contribution in [1.29, 1.82) is 5.26 Å². The summed E-state index contributed by atoms with van der Waals surface area (Å²) >= 11 is 0. The number of benzene rings is 1. The SMILES string of the molecule is CCOC(=O)c1c(C)[nH]c(C(=O)/C(C#N)=C/c2cc(C)n(-c3cccc(C(F)(F)F)c3)c2C)c1C. The number of aromatic amines is 1. The molecule has 3 aromatic rings. The molecule has 1 aromatic carbocycles. The molecule has 0 aliphatic carbocycles. The highest BCUT2D eigenvalue weighted by Gasteiger charge is 2.31. The predicted molar refractivity (Wildman–Crippen MR) is 124 cm³/mol. The number of carbonyl (C=O) groups excluding carboxylic acids is 2. The first-order chi connectivity index (χ1) is 16.4. The number of alkyl halides is 3. The minimum Gasteiger partial charge on any atom is -0.462 e. The van der Waals surface area contributed by atoms with Gasteiger partial charge < -0.3 is 14.3 Å². The second kappa shape index (κ2) is 9.66. The average Bonchev–Trinajstić information content (AvgIpc) is 3.25. The molecule has 35 heavy (non-hydrogen) atoms. The number of allylic oxidation sites excluding steroid dienone is 1. The maximum Gasteiger partial charge on any atom is 0.416 e. The highest BCUT2D eigenvalue weighted by Crippen LogP contribution is 2.32. The number of rotatable bonds is 6. The van der Waals surface area contributed by atoms with Gasteiger partial charge in [-0.25, -0.2) is 4.79 Å². The molecular weight excluding hydrogens is 459 g/mol. The summed E-state index contributed by atoms with van der Waals surface area (Å²) in [6.07, 6.45) is -3.09. The number of ketones is 1. The van der Waals surface area contributed by atoms with E-state index in [0.717, 1.165) is 12.1 Å². The van der Waals surface area contributed by atoms with E-state index in [9.17, 15) is 28.0 Å². The van der Waals surface area contributed by atoms with Crippen molar-refractivity contribution in [3.8, 4) is 11.8 Å². The number of aromatic nitrogens is 2. The first kappa shape index (κ1) is 25.6. The molecule has 3 rings (SSSR count). The quantitative estimate of drug-likeness (QED) is 0.201. The van der Waals surface area contributed by atoms with Gasteiger partial charge in [0.05, 0.1) is 23.4 Å². The molecule has 6 nitrogen and oxygen atoms in total. The van der Waals surface area contributed by atoms with Gasteiger partial charge in [0.1, 0.15) is 11.6 Å². The fourth-order valence-electron chi connectivity index (χ4n) is 4.08. The fourth-order valence-corrected chi connectivity index (χ4v) is 4.08. The molecule has 0 amide bonds. The maximum atomic E-state index is 13.2. The molecule has 0 saturated carbocycles. The molecule has 2 aromatic heterocycles. The van der Waals surface area contributed by atoms with Crippen LogP contribution >= 0.6 is 0 Å². The Hall–Kier alpha value is -4.06.